The van der Waals surface area contributed by atoms with Crippen LogP contribution in [0.3, 0.4) is 0 Å². The summed E-state index contributed by atoms with van der Waals surface area (Å²) < 4.78 is 36.6. The van der Waals surface area contributed by atoms with Gasteiger partial charge in [0.25, 0.3) is 5.91 Å². The lowest BCUT2D eigenvalue weighted by Crippen LogP contribution is -2.39. The number of nitrogens with one attached hydrogen (secondary N) is 1. The van der Waals surface area contributed by atoms with Crippen molar-refractivity contribution in [1.29, 1.82) is 0 Å². The van der Waals surface area contributed by atoms with Crippen molar-refractivity contribution >= 4 is 22.4 Å². The summed E-state index contributed by atoms with van der Waals surface area (Å²) >= 11 is 1.19. The second-order valence-electron chi connectivity index (χ2n) is 4.59. The SMILES string of the molecule is O=C(Nc1nc(-c2ccc(F)c(F)c2)cs1)C1COCCO1. The molecular weight excluding hydrogens is 314 g/mol. The minimum Gasteiger partial charge on any atom is -0.376 e. The Balaban J connectivity index is 1.70. The maximum atomic E-state index is 13.2. The third kappa shape index (κ3) is 3.29. The van der Waals surface area contributed by atoms with Crippen molar-refractivity contribution in [2.24, 2.45) is 0 Å². The van der Waals surface area contributed by atoms with Crippen LogP contribution in [0, 0.1) is 11.6 Å². The molecule has 1 saturated heterocycles. The van der Waals surface area contributed by atoms with E-state index in [1.165, 1.54) is 17.4 Å². The van der Waals surface area contributed by atoms with Gasteiger partial charge in [0.2, 0.25) is 0 Å². The van der Waals surface area contributed by atoms with Crippen LogP contribution in [0.2, 0.25) is 0 Å². The lowest BCUT2D eigenvalue weighted by molar-refractivity contribution is -0.142. The minimum absolute atomic E-state index is 0.202. The Morgan fingerprint density at radius 1 is 1.32 bits per heavy atom. The number of rotatable bonds is 3. The van der Waals surface area contributed by atoms with E-state index in [1.54, 1.807) is 5.38 Å². The van der Waals surface area contributed by atoms with Gasteiger partial charge in [0.15, 0.2) is 22.9 Å². The fourth-order valence-corrected chi connectivity index (χ4v) is 2.67. The van der Waals surface area contributed by atoms with E-state index in [0.717, 1.165) is 12.1 Å². The number of halogens is 2. The van der Waals surface area contributed by atoms with E-state index in [9.17, 15) is 13.6 Å². The van der Waals surface area contributed by atoms with Crippen LogP contribution in [0.5, 0.6) is 0 Å². The first kappa shape index (κ1) is 15.0. The van der Waals surface area contributed by atoms with Crippen LogP contribution in [-0.2, 0) is 14.3 Å². The van der Waals surface area contributed by atoms with E-state index in [4.69, 9.17) is 9.47 Å². The number of aromatic nitrogens is 1. The smallest absolute Gasteiger partial charge is 0.257 e. The first-order valence-corrected chi connectivity index (χ1v) is 7.42. The first-order valence-electron chi connectivity index (χ1n) is 6.54. The van der Waals surface area contributed by atoms with E-state index < -0.39 is 17.7 Å². The summed E-state index contributed by atoms with van der Waals surface area (Å²) in [5.74, 6) is -2.20. The number of carbonyl (C=O) groups is 1. The third-order valence-corrected chi connectivity index (χ3v) is 3.82. The summed E-state index contributed by atoms with van der Waals surface area (Å²) in [5, 5.41) is 4.64. The molecule has 1 aliphatic rings. The lowest BCUT2D eigenvalue weighted by atomic mass is 10.2. The Kier molecular flexibility index (Phi) is 4.41. The van der Waals surface area contributed by atoms with Crippen molar-refractivity contribution in [2.75, 3.05) is 25.1 Å². The van der Waals surface area contributed by atoms with Crippen LogP contribution < -0.4 is 5.32 Å². The monoisotopic (exact) mass is 326 g/mol. The maximum Gasteiger partial charge on any atom is 0.257 e. The molecule has 1 atom stereocenters. The quantitative estimate of drug-likeness (QED) is 0.941. The highest BCUT2D eigenvalue weighted by molar-refractivity contribution is 7.14. The topological polar surface area (TPSA) is 60.5 Å². The molecule has 1 aromatic heterocycles. The van der Waals surface area contributed by atoms with Gasteiger partial charge in [0.05, 0.1) is 25.5 Å². The number of benzene rings is 1. The normalized spacial score (nSPS) is 18.2. The average molecular weight is 326 g/mol. The van der Waals surface area contributed by atoms with Crippen molar-refractivity contribution in [3.8, 4) is 11.3 Å². The second kappa shape index (κ2) is 6.47. The summed E-state index contributed by atoms with van der Waals surface area (Å²) in [6.45, 7) is 1.05. The summed E-state index contributed by atoms with van der Waals surface area (Å²) in [5.41, 5.74) is 0.896. The molecule has 0 spiro atoms. The van der Waals surface area contributed by atoms with Crippen LogP contribution in [0.4, 0.5) is 13.9 Å². The number of carbonyl (C=O) groups excluding carboxylic acids is 1. The van der Waals surface area contributed by atoms with Gasteiger partial charge in [-0.2, -0.15) is 0 Å². The zero-order valence-corrected chi connectivity index (χ0v) is 12.2. The molecule has 2 heterocycles. The number of hydrogen-bond donors (Lipinski definition) is 1. The van der Waals surface area contributed by atoms with Crippen LogP contribution >= 0.6 is 11.3 Å². The van der Waals surface area contributed by atoms with Gasteiger partial charge in [-0.05, 0) is 18.2 Å². The number of nitrogens with zero attached hydrogens (tertiary/aromatic N) is 1. The predicted molar refractivity (Wildman–Crippen MR) is 76.7 cm³/mol. The number of hydrogen-bond acceptors (Lipinski definition) is 5. The molecule has 1 aliphatic heterocycles. The van der Waals surface area contributed by atoms with E-state index in [-0.39, 0.29) is 12.5 Å². The van der Waals surface area contributed by atoms with Crippen molar-refractivity contribution in [3.63, 3.8) is 0 Å². The Hall–Kier alpha value is -1.90. The zero-order valence-electron chi connectivity index (χ0n) is 11.3. The van der Waals surface area contributed by atoms with Gasteiger partial charge >= 0.3 is 0 Å². The molecule has 0 saturated carbocycles. The molecule has 5 nitrogen and oxygen atoms in total. The molecule has 1 N–H and O–H groups in total. The van der Waals surface area contributed by atoms with Crippen LogP contribution in [0.1, 0.15) is 0 Å². The van der Waals surface area contributed by atoms with Gasteiger partial charge in [-0.3, -0.25) is 10.1 Å². The van der Waals surface area contributed by atoms with Gasteiger partial charge in [0.1, 0.15) is 0 Å². The molecule has 0 radical (unpaired) electrons. The van der Waals surface area contributed by atoms with Crippen LogP contribution in [0.25, 0.3) is 11.3 Å². The predicted octanol–water partition coefficient (Wildman–Crippen LogP) is 2.44. The Labute approximate surface area is 128 Å². The molecule has 8 heteroatoms. The van der Waals surface area contributed by atoms with Gasteiger partial charge < -0.3 is 9.47 Å². The molecule has 0 bridgehead atoms. The first-order chi connectivity index (χ1) is 10.6. The molecule has 1 unspecified atom stereocenters. The third-order valence-electron chi connectivity index (χ3n) is 3.06. The molecule has 1 amide bonds. The van der Waals surface area contributed by atoms with Crippen LogP contribution in [0.15, 0.2) is 23.6 Å². The van der Waals surface area contributed by atoms with Crippen LogP contribution in [-0.4, -0.2) is 36.8 Å². The highest BCUT2D eigenvalue weighted by Crippen LogP contribution is 2.26. The average Bonchev–Trinajstić information content (AvgIpc) is 2.99. The summed E-state index contributed by atoms with van der Waals surface area (Å²) in [6, 6.07) is 3.53. The number of amides is 1. The van der Waals surface area contributed by atoms with E-state index in [0.29, 0.717) is 29.6 Å². The van der Waals surface area contributed by atoms with Crippen molar-refractivity contribution in [2.45, 2.75) is 6.10 Å². The van der Waals surface area contributed by atoms with Crippen molar-refractivity contribution < 1.29 is 23.0 Å². The molecular formula is C14H12F2N2O3S. The minimum atomic E-state index is -0.941. The standard InChI is InChI=1S/C14H12F2N2O3S/c15-9-2-1-8(5-10(9)16)11-7-22-14(17-11)18-13(19)12-6-20-3-4-21-12/h1-2,5,7,12H,3-4,6H2,(H,17,18,19). The second-order valence-corrected chi connectivity index (χ2v) is 5.45. The van der Waals surface area contributed by atoms with E-state index >= 15 is 0 Å². The van der Waals surface area contributed by atoms with Gasteiger partial charge in [-0.25, -0.2) is 13.8 Å². The molecule has 22 heavy (non-hydrogen) atoms. The molecule has 1 fully saturated rings. The Morgan fingerprint density at radius 2 is 2.18 bits per heavy atom. The number of anilines is 1. The maximum absolute atomic E-state index is 13.2. The van der Waals surface area contributed by atoms with Gasteiger partial charge in [0, 0.05) is 10.9 Å². The summed E-state index contributed by atoms with van der Waals surface area (Å²) in [7, 11) is 0. The zero-order chi connectivity index (χ0) is 15.5. The molecule has 1 aromatic carbocycles. The van der Waals surface area contributed by atoms with E-state index in [1.807, 2.05) is 0 Å². The lowest BCUT2D eigenvalue weighted by Gasteiger charge is -2.21. The molecule has 116 valence electrons. The highest BCUT2D eigenvalue weighted by Gasteiger charge is 2.23. The summed E-state index contributed by atoms with van der Waals surface area (Å²) in [6.07, 6.45) is -0.663. The number of thiazole rings is 1. The molecule has 3 rings (SSSR count). The Morgan fingerprint density at radius 3 is 2.91 bits per heavy atom. The van der Waals surface area contributed by atoms with Gasteiger partial charge in [-0.15, -0.1) is 11.3 Å². The summed E-state index contributed by atoms with van der Waals surface area (Å²) in [4.78, 5) is 16.1. The fraction of sp³-hybridized carbons (Fsp3) is 0.286. The highest BCUT2D eigenvalue weighted by atomic mass is 32.1. The number of ether oxygens (including phenoxy) is 2. The molecule has 0 aliphatic carbocycles. The van der Waals surface area contributed by atoms with Gasteiger partial charge in [-0.1, -0.05) is 0 Å². The fourth-order valence-electron chi connectivity index (χ4n) is 1.94. The van der Waals surface area contributed by atoms with Crippen molar-refractivity contribution in [1.82, 2.24) is 4.98 Å². The largest absolute Gasteiger partial charge is 0.376 e. The van der Waals surface area contributed by atoms with Crippen molar-refractivity contribution in [3.05, 3.63) is 35.2 Å². The molecule has 2 aromatic rings. The Bertz CT molecular complexity index is 686. The van der Waals surface area contributed by atoms with E-state index in [2.05, 4.69) is 10.3 Å².